The fourth-order valence-corrected chi connectivity index (χ4v) is 0.927. The number of anilines is 1. The van der Waals surface area contributed by atoms with Gasteiger partial charge in [-0.15, -0.1) is 0 Å². The molecule has 0 fully saturated rings. The summed E-state index contributed by atoms with van der Waals surface area (Å²) in [4.78, 5) is 12.2. The predicted molar refractivity (Wildman–Crippen MR) is 58.6 cm³/mol. The molecule has 0 atom stereocenters. The Balaban J connectivity index is 0.000000921. The fourth-order valence-electron chi connectivity index (χ4n) is 0.927. The van der Waals surface area contributed by atoms with Crippen LogP contribution in [-0.4, -0.2) is 20.3 Å². The van der Waals surface area contributed by atoms with E-state index in [4.69, 9.17) is 0 Å². The summed E-state index contributed by atoms with van der Waals surface area (Å²) >= 11 is 0. The van der Waals surface area contributed by atoms with Crippen LogP contribution in [0.1, 0.15) is 13.8 Å². The largest absolute Gasteiger partial charge is 0.452 e. The van der Waals surface area contributed by atoms with Crippen LogP contribution < -0.4 is 4.90 Å². The lowest BCUT2D eigenvalue weighted by Gasteiger charge is -2.14. The molecule has 4 heteroatoms. The van der Waals surface area contributed by atoms with Crippen LogP contribution >= 0.6 is 0 Å². The van der Waals surface area contributed by atoms with Crippen molar-refractivity contribution in [2.24, 2.45) is 0 Å². The smallest absolute Gasteiger partial charge is 0.413 e. The van der Waals surface area contributed by atoms with Gasteiger partial charge >= 0.3 is 6.09 Å². The van der Waals surface area contributed by atoms with Gasteiger partial charge in [-0.3, -0.25) is 4.90 Å². The van der Waals surface area contributed by atoms with Gasteiger partial charge in [-0.1, -0.05) is 19.9 Å². The zero-order valence-electron chi connectivity index (χ0n) is 9.45. The molecule has 0 aliphatic carbocycles. The molecular formula is C11H16FNO2. The van der Waals surface area contributed by atoms with Gasteiger partial charge in [0, 0.05) is 12.7 Å². The van der Waals surface area contributed by atoms with Gasteiger partial charge in [0.25, 0.3) is 0 Å². The van der Waals surface area contributed by atoms with Gasteiger partial charge in [-0.2, -0.15) is 0 Å². The molecular weight excluding hydrogens is 197 g/mol. The lowest BCUT2D eigenvalue weighted by Crippen LogP contribution is -2.25. The lowest BCUT2D eigenvalue weighted by atomic mass is 10.3. The Morgan fingerprint density at radius 3 is 2.47 bits per heavy atom. The van der Waals surface area contributed by atoms with E-state index in [1.807, 2.05) is 13.8 Å². The van der Waals surface area contributed by atoms with Gasteiger partial charge in [0.05, 0.1) is 7.11 Å². The molecule has 0 N–H and O–H groups in total. The van der Waals surface area contributed by atoms with Crippen LogP contribution in [0.25, 0.3) is 0 Å². The number of carbonyl (C=O) groups excluding carboxylic acids is 1. The molecule has 0 radical (unpaired) electrons. The first-order chi connectivity index (χ1) is 7.15. The van der Waals surface area contributed by atoms with E-state index in [1.54, 1.807) is 6.07 Å². The summed E-state index contributed by atoms with van der Waals surface area (Å²) in [5.41, 5.74) is 0.465. The Kier molecular flexibility index (Phi) is 6.09. The molecule has 1 aromatic carbocycles. The second kappa shape index (κ2) is 6.81. The van der Waals surface area contributed by atoms with Crippen molar-refractivity contribution in [2.45, 2.75) is 13.8 Å². The summed E-state index contributed by atoms with van der Waals surface area (Å²) in [7, 11) is 2.79. The standard InChI is InChI=1S/C9H10FNO2.C2H6/c1-11(9(12)13-2)8-5-3-4-7(10)6-8;1-2/h3-6H,1-2H3;1-2H3. The maximum Gasteiger partial charge on any atom is 0.413 e. The Bertz CT molecular complexity index is 315. The topological polar surface area (TPSA) is 29.5 Å². The van der Waals surface area contributed by atoms with Gasteiger partial charge in [0.1, 0.15) is 5.82 Å². The third kappa shape index (κ3) is 3.97. The normalized spacial score (nSPS) is 8.60. The molecule has 0 saturated carbocycles. The molecule has 0 unspecified atom stereocenters. The zero-order chi connectivity index (χ0) is 11.8. The number of halogens is 1. The quantitative estimate of drug-likeness (QED) is 0.717. The molecule has 0 aromatic heterocycles. The van der Waals surface area contributed by atoms with Crippen molar-refractivity contribution in [3.63, 3.8) is 0 Å². The van der Waals surface area contributed by atoms with Crippen molar-refractivity contribution >= 4 is 11.8 Å². The van der Waals surface area contributed by atoms with E-state index >= 15 is 0 Å². The first-order valence-electron chi connectivity index (χ1n) is 4.72. The van der Waals surface area contributed by atoms with Crippen LogP contribution in [0.4, 0.5) is 14.9 Å². The minimum absolute atomic E-state index is 0.381. The second-order valence-corrected chi connectivity index (χ2v) is 2.51. The Hall–Kier alpha value is -1.58. The average Bonchev–Trinajstić information content (AvgIpc) is 2.29. The number of benzene rings is 1. The highest BCUT2D eigenvalue weighted by Gasteiger charge is 2.10. The number of hydrogen-bond donors (Lipinski definition) is 0. The first-order valence-corrected chi connectivity index (χ1v) is 4.72. The van der Waals surface area contributed by atoms with E-state index in [9.17, 15) is 9.18 Å². The van der Waals surface area contributed by atoms with E-state index in [0.717, 1.165) is 0 Å². The summed E-state index contributed by atoms with van der Waals surface area (Å²) in [6, 6.07) is 5.73. The Labute approximate surface area is 89.5 Å². The highest BCUT2D eigenvalue weighted by molar-refractivity contribution is 5.86. The Morgan fingerprint density at radius 2 is 2.00 bits per heavy atom. The zero-order valence-corrected chi connectivity index (χ0v) is 9.45. The molecule has 1 amide bonds. The van der Waals surface area contributed by atoms with Crippen LogP contribution in [-0.2, 0) is 4.74 Å². The molecule has 3 nitrogen and oxygen atoms in total. The number of nitrogens with zero attached hydrogens (tertiary/aromatic N) is 1. The van der Waals surface area contributed by atoms with Crippen molar-refractivity contribution in [3.05, 3.63) is 30.1 Å². The van der Waals surface area contributed by atoms with Gasteiger partial charge in [-0.05, 0) is 18.2 Å². The molecule has 1 rings (SSSR count). The second-order valence-electron chi connectivity index (χ2n) is 2.51. The highest BCUT2D eigenvalue weighted by Crippen LogP contribution is 2.14. The monoisotopic (exact) mass is 213 g/mol. The van der Waals surface area contributed by atoms with Crippen LogP contribution in [0.2, 0.25) is 0 Å². The highest BCUT2D eigenvalue weighted by atomic mass is 19.1. The van der Waals surface area contributed by atoms with Crippen LogP contribution in [0.3, 0.4) is 0 Å². The molecule has 15 heavy (non-hydrogen) atoms. The third-order valence-corrected chi connectivity index (χ3v) is 1.64. The van der Waals surface area contributed by atoms with E-state index < -0.39 is 6.09 Å². The van der Waals surface area contributed by atoms with Crippen LogP contribution in [0, 0.1) is 5.82 Å². The number of amides is 1. The molecule has 1 aromatic rings. The van der Waals surface area contributed by atoms with E-state index in [2.05, 4.69) is 4.74 Å². The van der Waals surface area contributed by atoms with Crippen molar-refractivity contribution < 1.29 is 13.9 Å². The predicted octanol–water partition coefficient (Wildman–Crippen LogP) is 3.05. The molecule has 0 spiro atoms. The van der Waals surface area contributed by atoms with E-state index in [1.165, 1.54) is 37.3 Å². The average molecular weight is 213 g/mol. The van der Waals surface area contributed by atoms with Crippen LogP contribution in [0.5, 0.6) is 0 Å². The van der Waals surface area contributed by atoms with Gasteiger partial charge < -0.3 is 4.74 Å². The number of hydrogen-bond acceptors (Lipinski definition) is 2. The van der Waals surface area contributed by atoms with Crippen molar-refractivity contribution in [1.82, 2.24) is 0 Å². The SMILES string of the molecule is CC.COC(=O)N(C)c1cccc(F)c1. The molecule has 0 aliphatic heterocycles. The summed E-state index contributed by atoms with van der Waals surface area (Å²) in [6.45, 7) is 4.00. The summed E-state index contributed by atoms with van der Waals surface area (Å²) < 4.78 is 17.2. The summed E-state index contributed by atoms with van der Waals surface area (Å²) in [5.74, 6) is -0.381. The summed E-state index contributed by atoms with van der Waals surface area (Å²) in [5, 5.41) is 0. The molecule has 0 bridgehead atoms. The third-order valence-electron chi connectivity index (χ3n) is 1.64. The minimum atomic E-state index is -0.523. The number of rotatable bonds is 1. The maximum atomic E-state index is 12.7. The van der Waals surface area contributed by atoms with Crippen LogP contribution in [0.15, 0.2) is 24.3 Å². The van der Waals surface area contributed by atoms with Gasteiger partial charge in [0.15, 0.2) is 0 Å². The first kappa shape index (κ1) is 13.4. The maximum absolute atomic E-state index is 12.7. The molecule has 0 heterocycles. The van der Waals surface area contributed by atoms with Crippen molar-refractivity contribution in [1.29, 1.82) is 0 Å². The summed E-state index contributed by atoms with van der Waals surface area (Å²) in [6.07, 6.45) is -0.523. The molecule has 84 valence electrons. The van der Waals surface area contributed by atoms with Gasteiger partial charge in [-0.25, -0.2) is 9.18 Å². The minimum Gasteiger partial charge on any atom is -0.452 e. The fraction of sp³-hybridized carbons (Fsp3) is 0.364. The number of carbonyl (C=O) groups is 1. The van der Waals surface area contributed by atoms with Gasteiger partial charge in [0.2, 0.25) is 0 Å². The molecule has 0 saturated heterocycles. The van der Waals surface area contributed by atoms with E-state index in [0.29, 0.717) is 5.69 Å². The van der Waals surface area contributed by atoms with Crippen molar-refractivity contribution in [3.8, 4) is 0 Å². The number of methoxy groups -OCH3 is 1. The lowest BCUT2D eigenvalue weighted by molar-refractivity contribution is 0.180. The molecule has 0 aliphatic rings. The Morgan fingerprint density at radius 1 is 1.40 bits per heavy atom. The van der Waals surface area contributed by atoms with E-state index in [-0.39, 0.29) is 5.82 Å². The number of ether oxygens (including phenoxy) is 1. The van der Waals surface area contributed by atoms with Crippen molar-refractivity contribution in [2.75, 3.05) is 19.1 Å².